The van der Waals surface area contributed by atoms with Crippen molar-refractivity contribution >= 4 is 54.3 Å². The molecule has 0 unspecified atom stereocenters. The fourth-order valence-corrected chi connectivity index (χ4v) is 7.24. The van der Waals surface area contributed by atoms with E-state index in [0.717, 1.165) is 60.5 Å². The number of rotatable bonds is 4. The highest BCUT2D eigenvalue weighted by molar-refractivity contribution is 6.23. The first kappa shape index (κ1) is 27.5. The van der Waals surface area contributed by atoms with Crippen molar-refractivity contribution in [3.05, 3.63) is 164 Å². The molecular formula is C45H27N3O. The number of hydrogen-bond acceptors (Lipinski definition) is 4. The van der Waals surface area contributed by atoms with E-state index in [1.54, 1.807) is 0 Å². The average molecular weight is 626 g/mol. The molecule has 0 N–H and O–H groups in total. The average Bonchev–Trinajstić information content (AvgIpc) is 3.57. The first-order valence-electron chi connectivity index (χ1n) is 16.4. The molecule has 0 fully saturated rings. The van der Waals surface area contributed by atoms with Crippen LogP contribution in [0, 0.1) is 0 Å². The molecule has 49 heavy (non-hydrogen) atoms. The second-order valence-corrected chi connectivity index (χ2v) is 12.4. The van der Waals surface area contributed by atoms with E-state index < -0.39 is 0 Å². The molecular weight excluding hydrogens is 599 g/mol. The molecule has 0 bridgehead atoms. The van der Waals surface area contributed by atoms with Gasteiger partial charge in [-0.2, -0.15) is 0 Å². The molecule has 0 saturated heterocycles. The van der Waals surface area contributed by atoms with Crippen molar-refractivity contribution in [1.29, 1.82) is 0 Å². The van der Waals surface area contributed by atoms with Crippen molar-refractivity contribution in [2.75, 3.05) is 0 Å². The summed E-state index contributed by atoms with van der Waals surface area (Å²) in [6.07, 6.45) is 0. The van der Waals surface area contributed by atoms with Gasteiger partial charge in [-0.05, 0) is 67.7 Å². The largest absolute Gasteiger partial charge is 0.456 e. The van der Waals surface area contributed by atoms with E-state index in [0.29, 0.717) is 17.5 Å². The van der Waals surface area contributed by atoms with E-state index in [9.17, 15) is 0 Å². The van der Waals surface area contributed by atoms with Crippen molar-refractivity contribution in [3.63, 3.8) is 0 Å². The smallest absolute Gasteiger partial charge is 0.164 e. The number of para-hydroxylation sites is 1. The number of furan rings is 1. The molecule has 10 aromatic rings. The summed E-state index contributed by atoms with van der Waals surface area (Å²) in [6, 6.07) is 56.9. The third-order valence-electron chi connectivity index (χ3n) is 9.50. The highest BCUT2D eigenvalue weighted by Gasteiger charge is 2.20. The molecule has 0 aliphatic carbocycles. The van der Waals surface area contributed by atoms with Crippen LogP contribution in [0.5, 0.6) is 0 Å². The lowest BCUT2D eigenvalue weighted by atomic mass is 9.93. The fraction of sp³-hybridized carbons (Fsp3) is 0. The van der Waals surface area contributed by atoms with Crippen LogP contribution >= 0.6 is 0 Å². The third-order valence-corrected chi connectivity index (χ3v) is 9.50. The number of fused-ring (bicyclic) bond motifs is 8. The van der Waals surface area contributed by atoms with Crippen LogP contribution in [0.25, 0.3) is 99.5 Å². The SMILES string of the molecule is c1ccc(-c2cccc(-c3nc(-c4cc5ccc6ccccc6c5c5ccccc45)nc(-c4cccc5oc6ccccc6c45)n3)c2)cc1. The minimum atomic E-state index is 0.602. The topological polar surface area (TPSA) is 51.8 Å². The highest BCUT2D eigenvalue weighted by atomic mass is 16.3. The Morgan fingerprint density at radius 2 is 0.939 bits per heavy atom. The van der Waals surface area contributed by atoms with Crippen molar-refractivity contribution in [3.8, 4) is 45.3 Å². The van der Waals surface area contributed by atoms with Gasteiger partial charge in [0.05, 0.1) is 0 Å². The van der Waals surface area contributed by atoms with Crippen LogP contribution in [0.1, 0.15) is 0 Å². The lowest BCUT2D eigenvalue weighted by molar-refractivity contribution is 0.669. The Morgan fingerprint density at radius 3 is 1.82 bits per heavy atom. The molecule has 10 rings (SSSR count). The zero-order valence-corrected chi connectivity index (χ0v) is 26.3. The monoisotopic (exact) mass is 625 g/mol. The summed E-state index contributed by atoms with van der Waals surface area (Å²) in [5.41, 5.74) is 6.67. The summed E-state index contributed by atoms with van der Waals surface area (Å²) < 4.78 is 6.28. The van der Waals surface area contributed by atoms with Crippen LogP contribution in [0.3, 0.4) is 0 Å². The summed E-state index contributed by atoms with van der Waals surface area (Å²) in [4.78, 5) is 15.7. The molecule has 0 amide bonds. The van der Waals surface area contributed by atoms with E-state index in [2.05, 4.69) is 127 Å². The van der Waals surface area contributed by atoms with E-state index in [-0.39, 0.29) is 0 Å². The Morgan fingerprint density at radius 1 is 0.327 bits per heavy atom. The predicted octanol–water partition coefficient (Wildman–Crippen LogP) is 11.9. The van der Waals surface area contributed by atoms with Gasteiger partial charge in [-0.25, -0.2) is 15.0 Å². The van der Waals surface area contributed by atoms with Crippen LogP contribution in [-0.4, -0.2) is 15.0 Å². The number of nitrogens with zero attached hydrogens (tertiary/aromatic N) is 3. The van der Waals surface area contributed by atoms with Gasteiger partial charge in [0.1, 0.15) is 11.2 Å². The lowest BCUT2D eigenvalue weighted by Gasteiger charge is -2.14. The third kappa shape index (κ3) is 4.49. The minimum Gasteiger partial charge on any atom is -0.456 e. The van der Waals surface area contributed by atoms with Crippen LogP contribution in [-0.2, 0) is 0 Å². The van der Waals surface area contributed by atoms with E-state index in [1.807, 2.05) is 36.4 Å². The first-order valence-corrected chi connectivity index (χ1v) is 16.4. The highest BCUT2D eigenvalue weighted by Crippen LogP contribution is 2.40. The van der Waals surface area contributed by atoms with Crippen molar-refractivity contribution < 1.29 is 4.42 Å². The Balaban J connectivity index is 1.27. The van der Waals surface area contributed by atoms with Crippen LogP contribution in [0.15, 0.2) is 168 Å². The van der Waals surface area contributed by atoms with E-state index >= 15 is 0 Å². The normalized spacial score (nSPS) is 11.7. The van der Waals surface area contributed by atoms with Gasteiger partial charge in [-0.15, -0.1) is 0 Å². The minimum absolute atomic E-state index is 0.602. The Kier molecular flexibility index (Phi) is 6.15. The number of benzene rings is 8. The van der Waals surface area contributed by atoms with Gasteiger partial charge < -0.3 is 4.42 Å². The first-order chi connectivity index (χ1) is 24.3. The molecule has 0 spiro atoms. The quantitative estimate of drug-likeness (QED) is 0.183. The summed E-state index contributed by atoms with van der Waals surface area (Å²) in [5.74, 6) is 1.84. The summed E-state index contributed by atoms with van der Waals surface area (Å²) in [6.45, 7) is 0. The zero-order chi connectivity index (χ0) is 32.3. The molecule has 0 atom stereocenters. The maximum absolute atomic E-state index is 6.28. The second-order valence-electron chi connectivity index (χ2n) is 12.4. The summed E-state index contributed by atoms with van der Waals surface area (Å²) >= 11 is 0. The molecule has 228 valence electrons. The Bertz CT molecular complexity index is 2890. The van der Waals surface area contributed by atoms with Crippen molar-refractivity contribution in [2.45, 2.75) is 0 Å². The zero-order valence-electron chi connectivity index (χ0n) is 26.3. The maximum Gasteiger partial charge on any atom is 0.164 e. The van der Waals surface area contributed by atoms with E-state index in [4.69, 9.17) is 19.4 Å². The Hall–Kier alpha value is -6.65. The second kappa shape index (κ2) is 11.0. The van der Waals surface area contributed by atoms with Gasteiger partial charge in [0.2, 0.25) is 0 Å². The molecule has 0 aliphatic heterocycles. The van der Waals surface area contributed by atoms with Gasteiger partial charge in [0, 0.05) is 27.5 Å². The van der Waals surface area contributed by atoms with Crippen LogP contribution < -0.4 is 0 Å². The maximum atomic E-state index is 6.28. The van der Waals surface area contributed by atoms with Gasteiger partial charge >= 0.3 is 0 Å². The summed E-state index contributed by atoms with van der Waals surface area (Å²) in [7, 11) is 0. The molecule has 2 aromatic heterocycles. The molecule has 4 nitrogen and oxygen atoms in total. The standard InChI is InChI=1S/C45H27N3O/c1-2-12-28(13-3-1)30-15-10-16-32(26-30)43-46-44(37-21-11-23-40-42(37)36-20-8-9-22-39(36)49-40)48-45(47-43)38-27-31-25-24-29-14-4-5-17-33(29)41(31)35-19-7-6-18-34(35)38/h1-27H. The van der Waals surface area contributed by atoms with Crippen molar-refractivity contribution in [2.24, 2.45) is 0 Å². The molecule has 0 radical (unpaired) electrons. The fourth-order valence-electron chi connectivity index (χ4n) is 7.24. The van der Waals surface area contributed by atoms with Gasteiger partial charge in [0.25, 0.3) is 0 Å². The van der Waals surface area contributed by atoms with E-state index in [1.165, 1.54) is 21.5 Å². The van der Waals surface area contributed by atoms with Crippen LogP contribution in [0.4, 0.5) is 0 Å². The molecule has 0 saturated carbocycles. The molecule has 8 aromatic carbocycles. The lowest BCUT2D eigenvalue weighted by Crippen LogP contribution is -2.01. The molecule has 0 aliphatic rings. The van der Waals surface area contributed by atoms with Gasteiger partial charge in [-0.3, -0.25) is 0 Å². The van der Waals surface area contributed by atoms with Gasteiger partial charge in [0.15, 0.2) is 17.5 Å². The predicted molar refractivity (Wildman–Crippen MR) is 201 cm³/mol. The number of hydrogen-bond donors (Lipinski definition) is 0. The van der Waals surface area contributed by atoms with Crippen molar-refractivity contribution in [1.82, 2.24) is 15.0 Å². The van der Waals surface area contributed by atoms with Crippen LogP contribution in [0.2, 0.25) is 0 Å². The molecule has 2 heterocycles. The Labute approximate surface area is 282 Å². The van der Waals surface area contributed by atoms with Gasteiger partial charge in [-0.1, -0.05) is 140 Å². The number of aromatic nitrogens is 3. The molecule has 4 heteroatoms. The summed E-state index contributed by atoms with van der Waals surface area (Å²) in [5, 5.41) is 9.12.